The number of nitrogens with two attached hydrogens (primary N) is 1. The molecule has 168 valence electrons. The van der Waals surface area contributed by atoms with E-state index < -0.39 is 11.7 Å². The molecule has 0 unspecified atom stereocenters. The van der Waals surface area contributed by atoms with E-state index in [0.717, 1.165) is 23.4 Å². The van der Waals surface area contributed by atoms with Crippen LogP contribution in [-0.2, 0) is 25.7 Å². The normalized spacial score (nSPS) is 14.4. The Kier molecular flexibility index (Phi) is 5.13. The maximum Gasteiger partial charge on any atom is 0.416 e. The van der Waals surface area contributed by atoms with Crippen molar-refractivity contribution in [3.05, 3.63) is 87.3 Å². The van der Waals surface area contributed by atoms with E-state index in [-0.39, 0.29) is 11.3 Å². The minimum absolute atomic E-state index is 0.110. The third kappa shape index (κ3) is 4.07. The number of nitrogen functional groups attached to an aromatic ring is 1. The molecule has 2 aromatic carbocycles. The summed E-state index contributed by atoms with van der Waals surface area (Å²) < 4.78 is 44.0. The molecule has 1 aliphatic heterocycles. The molecule has 0 bridgehead atoms. The Morgan fingerprint density at radius 3 is 2.61 bits per heavy atom. The zero-order valence-electron chi connectivity index (χ0n) is 17.4. The van der Waals surface area contributed by atoms with Crippen molar-refractivity contribution in [1.82, 2.24) is 14.9 Å². The van der Waals surface area contributed by atoms with Crippen molar-refractivity contribution in [2.45, 2.75) is 25.7 Å². The second kappa shape index (κ2) is 8.00. The van der Waals surface area contributed by atoms with Crippen molar-refractivity contribution in [3.63, 3.8) is 0 Å². The minimum Gasteiger partial charge on any atom is -0.440 e. The first-order valence-corrected chi connectivity index (χ1v) is 10.3. The Labute approximate surface area is 186 Å². The number of halogens is 3. The van der Waals surface area contributed by atoms with Crippen LogP contribution >= 0.6 is 0 Å². The number of benzene rings is 2. The summed E-state index contributed by atoms with van der Waals surface area (Å²) in [6.45, 7) is 1.50. The van der Waals surface area contributed by atoms with E-state index in [0.29, 0.717) is 54.0 Å². The van der Waals surface area contributed by atoms with Gasteiger partial charge in [0.15, 0.2) is 17.1 Å². The van der Waals surface area contributed by atoms with Crippen LogP contribution in [0, 0.1) is 0 Å². The third-order valence-corrected chi connectivity index (χ3v) is 5.79. The van der Waals surface area contributed by atoms with E-state index in [2.05, 4.69) is 14.9 Å². The first kappa shape index (κ1) is 21.1. The summed E-state index contributed by atoms with van der Waals surface area (Å²) >= 11 is 0. The Morgan fingerprint density at radius 1 is 1.09 bits per heavy atom. The van der Waals surface area contributed by atoms with Gasteiger partial charge in [0.25, 0.3) is 0 Å². The highest BCUT2D eigenvalue weighted by Crippen LogP contribution is 2.31. The van der Waals surface area contributed by atoms with Gasteiger partial charge in [-0.3, -0.25) is 9.69 Å². The van der Waals surface area contributed by atoms with Crippen molar-refractivity contribution in [2.75, 3.05) is 12.3 Å². The molecule has 0 aliphatic carbocycles. The van der Waals surface area contributed by atoms with Gasteiger partial charge >= 0.3 is 6.18 Å². The van der Waals surface area contributed by atoms with Crippen molar-refractivity contribution in [1.29, 1.82) is 0 Å². The van der Waals surface area contributed by atoms with Gasteiger partial charge in [0.05, 0.1) is 22.2 Å². The summed E-state index contributed by atoms with van der Waals surface area (Å²) in [5.41, 5.74) is 8.32. The number of fused-ring (bicyclic) bond motifs is 2. The molecule has 3 heterocycles. The molecule has 33 heavy (non-hydrogen) atoms. The van der Waals surface area contributed by atoms with Gasteiger partial charge in [-0.25, -0.2) is 9.97 Å². The van der Waals surface area contributed by atoms with Gasteiger partial charge in [0.1, 0.15) is 5.58 Å². The second-order valence-electron chi connectivity index (χ2n) is 7.97. The van der Waals surface area contributed by atoms with Crippen LogP contribution < -0.4 is 11.2 Å². The molecule has 0 fully saturated rings. The lowest BCUT2D eigenvalue weighted by Crippen LogP contribution is -2.33. The molecule has 4 aromatic rings. The fourth-order valence-corrected chi connectivity index (χ4v) is 4.03. The van der Waals surface area contributed by atoms with Crippen LogP contribution in [0.4, 0.5) is 19.1 Å². The van der Waals surface area contributed by atoms with E-state index in [4.69, 9.17) is 10.2 Å². The van der Waals surface area contributed by atoms with Crippen molar-refractivity contribution >= 4 is 16.9 Å². The average Bonchev–Trinajstić information content (AvgIpc) is 2.81. The molecule has 0 saturated carbocycles. The minimum atomic E-state index is -4.38. The summed E-state index contributed by atoms with van der Waals surface area (Å²) in [5.74, 6) is 0.494. The molecule has 2 N–H and O–H groups in total. The Morgan fingerprint density at radius 2 is 1.85 bits per heavy atom. The number of nitrogens with zero attached hydrogens (tertiary/aromatic N) is 3. The van der Waals surface area contributed by atoms with Crippen LogP contribution in [0.15, 0.2) is 63.9 Å². The number of aromatic nitrogens is 2. The number of hydrogen-bond donors (Lipinski definition) is 1. The molecule has 5 rings (SSSR count). The maximum atomic E-state index is 12.9. The van der Waals surface area contributed by atoms with Crippen LogP contribution in [0.5, 0.6) is 0 Å². The van der Waals surface area contributed by atoms with E-state index in [1.54, 1.807) is 30.5 Å². The summed E-state index contributed by atoms with van der Waals surface area (Å²) in [6, 6.07) is 11.8. The molecule has 9 heteroatoms. The molecule has 0 saturated heterocycles. The summed E-state index contributed by atoms with van der Waals surface area (Å²) in [4.78, 5) is 23.9. The zero-order chi connectivity index (χ0) is 23.2. The number of hydrogen-bond acceptors (Lipinski definition) is 6. The van der Waals surface area contributed by atoms with Gasteiger partial charge in [-0.1, -0.05) is 24.3 Å². The highest BCUT2D eigenvalue weighted by molar-refractivity contribution is 5.78. The zero-order valence-corrected chi connectivity index (χ0v) is 17.4. The largest absolute Gasteiger partial charge is 0.440 e. The molecule has 6 nitrogen and oxygen atoms in total. The predicted molar refractivity (Wildman–Crippen MR) is 117 cm³/mol. The molecule has 0 radical (unpaired) electrons. The second-order valence-corrected chi connectivity index (χ2v) is 7.97. The Balaban J connectivity index is 1.36. The highest BCUT2D eigenvalue weighted by Gasteiger charge is 2.30. The lowest BCUT2D eigenvalue weighted by Gasteiger charge is -2.28. The molecular weight excluding hydrogens is 433 g/mol. The maximum absolute atomic E-state index is 12.9. The van der Waals surface area contributed by atoms with Gasteiger partial charge in [-0.05, 0) is 24.3 Å². The Hall–Kier alpha value is -3.72. The van der Waals surface area contributed by atoms with Crippen molar-refractivity contribution < 1.29 is 17.6 Å². The predicted octanol–water partition coefficient (Wildman–Crippen LogP) is 4.41. The summed E-state index contributed by atoms with van der Waals surface area (Å²) in [6.07, 6.45) is -2.08. The Bertz CT molecular complexity index is 1400. The topological polar surface area (TPSA) is 85.2 Å². The number of rotatable bonds is 3. The van der Waals surface area contributed by atoms with Crippen molar-refractivity contribution in [3.8, 4) is 11.4 Å². The summed E-state index contributed by atoms with van der Waals surface area (Å²) in [7, 11) is 0. The highest BCUT2D eigenvalue weighted by atomic mass is 19.4. The van der Waals surface area contributed by atoms with Crippen molar-refractivity contribution in [2.24, 2.45) is 0 Å². The van der Waals surface area contributed by atoms with Gasteiger partial charge in [0.2, 0.25) is 0 Å². The first-order chi connectivity index (χ1) is 15.8. The molecule has 2 aromatic heterocycles. The molecule has 0 atom stereocenters. The van der Waals surface area contributed by atoms with E-state index in [9.17, 15) is 18.0 Å². The van der Waals surface area contributed by atoms with Gasteiger partial charge in [-0.15, -0.1) is 0 Å². The van der Waals surface area contributed by atoms with Crippen LogP contribution in [-0.4, -0.2) is 21.4 Å². The first-order valence-electron chi connectivity index (χ1n) is 10.3. The average molecular weight is 452 g/mol. The molecule has 0 spiro atoms. The quantitative estimate of drug-likeness (QED) is 0.496. The fraction of sp³-hybridized carbons (Fsp3) is 0.208. The lowest BCUT2D eigenvalue weighted by molar-refractivity contribution is -0.137. The fourth-order valence-electron chi connectivity index (χ4n) is 4.03. The number of anilines is 1. The van der Waals surface area contributed by atoms with Crippen LogP contribution in [0.2, 0.25) is 0 Å². The van der Waals surface area contributed by atoms with Crippen LogP contribution in [0.25, 0.3) is 22.4 Å². The van der Waals surface area contributed by atoms with Gasteiger partial charge in [-0.2, -0.15) is 13.2 Å². The number of para-hydroxylation sites is 1. The van der Waals surface area contributed by atoms with Gasteiger partial charge < -0.3 is 10.2 Å². The smallest absolute Gasteiger partial charge is 0.416 e. The molecule has 0 amide bonds. The van der Waals surface area contributed by atoms with E-state index >= 15 is 0 Å². The van der Waals surface area contributed by atoms with E-state index in [1.165, 1.54) is 12.1 Å². The SMILES string of the molecule is Nc1oc2ccccc2c(=O)c1CN1CCc2nc(-c3ccc(C(F)(F)F)cc3)ncc2C1. The van der Waals surface area contributed by atoms with Gasteiger partial charge in [0, 0.05) is 43.4 Å². The van der Waals surface area contributed by atoms with Crippen LogP contribution in [0.3, 0.4) is 0 Å². The number of alkyl halides is 3. The van der Waals surface area contributed by atoms with E-state index in [1.807, 2.05) is 0 Å². The molecule has 1 aliphatic rings. The summed E-state index contributed by atoms with van der Waals surface area (Å²) in [5, 5.41) is 0.489. The molecular formula is C24H19F3N4O2. The van der Waals surface area contributed by atoms with Crippen LogP contribution in [0.1, 0.15) is 22.4 Å². The lowest BCUT2D eigenvalue weighted by atomic mass is 10.0. The monoisotopic (exact) mass is 452 g/mol. The third-order valence-electron chi connectivity index (χ3n) is 5.79. The standard InChI is InChI=1S/C24H19F3N4O2/c25-24(26,27)16-7-5-14(6-8-16)23-29-11-15-12-31(10-9-19(15)30-23)13-18-21(32)17-3-1-2-4-20(17)33-22(18)28/h1-8,11H,9-10,12-13,28H2.